The fourth-order valence-electron chi connectivity index (χ4n) is 5.20. The van der Waals surface area contributed by atoms with E-state index in [1.54, 1.807) is 6.92 Å². The number of β-lactam (4-membered cyclic amide) rings is 1. The summed E-state index contributed by atoms with van der Waals surface area (Å²) in [5.41, 5.74) is 0.388. The molecule has 0 aromatic rings. The lowest BCUT2D eigenvalue weighted by Crippen LogP contribution is -2.63. The Morgan fingerprint density at radius 1 is 1.27 bits per heavy atom. The standard InChI is InChI=1S/C25H36N4O9S2/c1-7-9-37-24(32)21-22(14(3)20-19(15(4)30)23(31)29(20)21)39-16-11-18(28(13-16)25(33)38-10-8-2)17(27-36-5)12-26-40(6,34)35/h7-8,14-16,18-20,26,30H,1-2,9-13H2,3-6H3/b27-17+/t14-,15-,16+,18+,19-,20-/m1/s1. The van der Waals surface area contributed by atoms with E-state index in [4.69, 9.17) is 14.3 Å². The molecule has 2 N–H and O–H groups in total. The van der Waals surface area contributed by atoms with Crippen LogP contribution in [0.15, 0.2) is 41.1 Å². The molecule has 0 saturated carbocycles. The molecule has 6 atom stereocenters. The summed E-state index contributed by atoms with van der Waals surface area (Å²) >= 11 is 1.34. The average molecular weight is 601 g/mol. The predicted octanol–water partition coefficient (Wildman–Crippen LogP) is 0.835. The van der Waals surface area contributed by atoms with Gasteiger partial charge in [-0.15, -0.1) is 11.8 Å². The number of fused-ring (bicyclic) bond motifs is 1. The molecule has 0 spiro atoms. The molecule has 3 heterocycles. The third-order valence-electron chi connectivity index (χ3n) is 6.86. The Bertz CT molecular complexity index is 1200. The first kappa shape index (κ1) is 31.6. The number of nitrogens with zero attached hydrogens (tertiary/aromatic N) is 3. The van der Waals surface area contributed by atoms with Gasteiger partial charge in [0.2, 0.25) is 15.9 Å². The monoisotopic (exact) mass is 600 g/mol. The maximum absolute atomic E-state index is 13.1. The fourth-order valence-corrected chi connectivity index (χ4v) is 7.13. The number of sulfonamides is 1. The number of esters is 1. The first-order chi connectivity index (χ1) is 18.9. The van der Waals surface area contributed by atoms with Crippen molar-refractivity contribution in [2.24, 2.45) is 17.0 Å². The van der Waals surface area contributed by atoms with E-state index in [2.05, 4.69) is 23.0 Å². The predicted molar refractivity (Wildman–Crippen MR) is 148 cm³/mol. The van der Waals surface area contributed by atoms with E-state index in [-0.39, 0.29) is 54.8 Å². The van der Waals surface area contributed by atoms with E-state index >= 15 is 0 Å². The minimum atomic E-state index is -3.57. The van der Waals surface area contributed by atoms with E-state index in [1.165, 1.54) is 40.8 Å². The van der Waals surface area contributed by atoms with Crippen molar-refractivity contribution < 1.29 is 42.2 Å². The minimum absolute atomic E-state index is 0.0286. The molecule has 15 heteroatoms. The molecule has 0 bridgehead atoms. The summed E-state index contributed by atoms with van der Waals surface area (Å²) in [5.74, 6) is -1.97. The molecule has 2 saturated heterocycles. The second-order valence-electron chi connectivity index (χ2n) is 9.72. The summed E-state index contributed by atoms with van der Waals surface area (Å²) in [5, 5.41) is 13.9. The molecule has 3 aliphatic heterocycles. The molecule has 2 amide bonds. The summed E-state index contributed by atoms with van der Waals surface area (Å²) in [4.78, 5) is 47.4. The van der Waals surface area contributed by atoms with Crippen molar-refractivity contribution in [3.63, 3.8) is 0 Å². The van der Waals surface area contributed by atoms with Crippen molar-refractivity contribution >= 4 is 45.5 Å². The number of carbonyl (C=O) groups is 3. The van der Waals surface area contributed by atoms with Crippen LogP contribution in [0.2, 0.25) is 0 Å². The lowest BCUT2D eigenvalue weighted by molar-refractivity contribution is -0.164. The summed E-state index contributed by atoms with van der Waals surface area (Å²) in [6.45, 7) is 10.5. The highest BCUT2D eigenvalue weighted by Gasteiger charge is 2.60. The van der Waals surface area contributed by atoms with Crippen molar-refractivity contribution in [2.45, 2.75) is 43.7 Å². The number of aliphatic hydroxyl groups excluding tert-OH is 1. The molecule has 13 nitrogen and oxygen atoms in total. The number of carbonyl (C=O) groups excluding carboxylic acids is 3. The molecule has 0 aliphatic carbocycles. The minimum Gasteiger partial charge on any atom is -0.457 e. The van der Waals surface area contributed by atoms with Crippen molar-refractivity contribution in [1.82, 2.24) is 14.5 Å². The summed E-state index contributed by atoms with van der Waals surface area (Å²) < 4.78 is 36.4. The molecular weight excluding hydrogens is 564 g/mol. The first-order valence-corrected chi connectivity index (χ1v) is 15.4. The van der Waals surface area contributed by atoms with Gasteiger partial charge in [0, 0.05) is 22.6 Å². The summed E-state index contributed by atoms with van der Waals surface area (Å²) in [7, 11) is -2.26. The highest BCUT2D eigenvalue weighted by molar-refractivity contribution is 8.03. The highest BCUT2D eigenvalue weighted by atomic mass is 32.2. The molecule has 0 unspecified atom stereocenters. The number of nitrogens with one attached hydrogen (secondary N) is 1. The number of hydrogen-bond donors (Lipinski definition) is 2. The second kappa shape index (κ2) is 13.2. The van der Waals surface area contributed by atoms with Gasteiger partial charge >= 0.3 is 12.1 Å². The third kappa shape index (κ3) is 6.70. The van der Waals surface area contributed by atoms with Gasteiger partial charge in [-0.25, -0.2) is 22.7 Å². The number of hydrogen-bond acceptors (Lipinski definition) is 11. The zero-order valence-corrected chi connectivity index (χ0v) is 24.6. The molecular formula is C25H36N4O9S2. The van der Waals surface area contributed by atoms with Crippen LogP contribution in [-0.4, -0.2) is 110 Å². The SMILES string of the molecule is C=CCOC(=O)C1=C(S[C@H]2C[C@@H](/C(CNS(C)(=O)=O)=N/OC)N(C(=O)OCC=C)C2)[C@H](C)[C@@H]2[C@@H]([C@@H](C)O)C(=O)N12. The van der Waals surface area contributed by atoms with Crippen molar-refractivity contribution in [3.05, 3.63) is 35.9 Å². The van der Waals surface area contributed by atoms with Crippen LogP contribution >= 0.6 is 11.8 Å². The number of oxime groups is 1. The highest BCUT2D eigenvalue weighted by Crippen LogP contribution is 2.52. The normalized spacial score (nSPS) is 27.2. The number of ether oxygens (including phenoxy) is 2. The number of rotatable bonds is 13. The number of thioether (sulfide) groups is 1. The molecule has 0 aromatic heterocycles. The maximum atomic E-state index is 13.1. The van der Waals surface area contributed by atoms with Crippen LogP contribution in [0.4, 0.5) is 4.79 Å². The zero-order chi connectivity index (χ0) is 29.8. The largest absolute Gasteiger partial charge is 0.457 e. The summed E-state index contributed by atoms with van der Waals surface area (Å²) in [6.07, 6.45) is 2.64. The molecule has 222 valence electrons. The molecule has 3 aliphatic rings. The van der Waals surface area contributed by atoms with Crippen LogP contribution in [0.1, 0.15) is 20.3 Å². The van der Waals surface area contributed by atoms with Crippen LogP contribution in [0, 0.1) is 11.8 Å². The maximum Gasteiger partial charge on any atom is 0.410 e. The average Bonchev–Trinajstić information content (AvgIpc) is 3.40. The van der Waals surface area contributed by atoms with E-state index in [0.29, 0.717) is 11.3 Å². The van der Waals surface area contributed by atoms with Gasteiger partial charge in [0.1, 0.15) is 26.0 Å². The first-order valence-electron chi connectivity index (χ1n) is 12.6. The van der Waals surface area contributed by atoms with Gasteiger partial charge in [-0.05, 0) is 13.3 Å². The smallest absolute Gasteiger partial charge is 0.410 e. The van der Waals surface area contributed by atoms with Gasteiger partial charge in [0.05, 0.1) is 42.6 Å². The van der Waals surface area contributed by atoms with E-state index in [9.17, 15) is 27.9 Å². The summed E-state index contributed by atoms with van der Waals surface area (Å²) in [6, 6.07) is -1.09. The second-order valence-corrected chi connectivity index (χ2v) is 12.9. The Labute approximate surface area is 238 Å². The van der Waals surface area contributed by atoms with Crippen LogP contribution in [-0.2, 0) is 33.9 Å². The van der Waals surface area contributed by atoms with Gasteiger partial charge in [0.15, 0.2) is 0 Å². The molecule has 40 heavy (non-hydrogen) atoms. The van der Waals surface area contributed by atoms with Crippen molar-refractivity contribution in [3.8, 4) is 0 Å². The molecule has 0 radical (unpaired) electrons. The Balaban J connectivity index is 1.94. The van der Waals surface area contributed by atoms with Crippen LogP contribution in [0.5, 0.6) is 0 Å². The zero-order valence-electron chi connectivity index (χ0n) is 22.9. The Kier molecular flexibility index (Phi) is 10.4. The van der Waals surface area contributed by atoms with E-state index in [1.807, 2.05) is 6.92 Å². The topological polar surface area (TPSA) is 164 Å². The van der Waals surface area contributed by atoms with Crippen molar-refractivity contribution in [2.75, 3.05) is 39.7 Å². The van der Waals surface area contributed by atoms with Gasteiger partial charge in [-0.1, -0.05) is 37.4 Å². The van der Waals surface area contributed by atoms with Crippen molar-refractivity contribution in [1.29, 1.82) is 0 Å². The van der Waals surface area contributed by atoms with Gasteiger partial charge in [-0.3, -0.25) is 9.69 Å². The lowest BCUT2D eigenvalue weighted by atomic mass is 9.79. The number of likely N-dealkylation sites (tertiary alicyclic amines) is 1. The van der Waals surface area contributed by atoms with Crippen LogP contribution in [0.3, 0.4) is 0 Å². The fraction of sp³-hybridized carbons (Fsp3) is 0.600. The third-order valence-corrected chi connectivity index (χ3v) is 9.02. The van der Waals surface area contributed by atoms with Gasteiger partial charge in [-0.2, -0.15) is 0 Å². The van der Waals surface area contributed by atoms with E-state index in [0.717, 1.165) is 6.26 Å². The quantitative estimate of drug-likeness (QED) is 0.102. The number of aliphatic hydroxyl groups is 1. The van der Waals surface area contributed by atoms with Gasteiger partial charge in [0.25, 0.3) is 0 Å². The lowest BCUT2D eigenvalue weighted by Gasteiger charge is -2.46. The molecule has 0 aromatic carbocycles. The molecule has 2 fully saturated rings. The Morgan fingerprint density at radius 2 is 1.93 bits per heavy atom. The van der Waals surface area contributed by atoms with Gasteiger partial charge < -0.3 is 24.3 Å². The van der Waals surface area contributed by atoms with E-state index < -0.39 is 46.2 Å². The Hall–Kier alpha value is -2.88. The number of amides is 2. The Morgan fingerprint density at radius 3 is 2.50 bits per heavy atom. The molecule has 3 rings (SSSR count). The van der Waals surface area contributed by atoms with Crippen LogP contribution in [0.25, 0.3) is 0 Å². The van der Waals surface area contributed by atoms with Crippen LogP contribution < -0.4 is 4.72 Å².